The molecule has 0 radical (unpaired) electrons. The molecular weight excluding hydrogens is 318 g/mol. The van der Waals surface area contributed by atoms with Crippen LogP contribution in [0.3, 0.4) is 0 Å². The standard InChI is InChI=1S/C14H19N5O3S/c1-3-19-11(2)14(9-17-19)23(20,21)18-6-7-22-13(10-18)12-8-15-4-5-16-12/h4-5,8-9,13H,3,6-7,10H2,1-2H3. The Hall–Kier alpha value is -1.84. The Morgan fingerprint density at radius 2 is 2.17 bits per heavy atom. The van der Waals surface area contributed by atoms with Crippen LogP contribution in [-0.2, 0) is 21.3 Å². The summed E-state index contributed by atoms with van der Waals surface area (Å²) in [5.74, 6) is 0. The Labute approximate surface area is 135 Å². The van der Waals surface area contributed by atoms with Crippen LogP contribution >= 0.6 is 0 Å². The fourth-order valence-corrected chi connectivity index (χ4v) is 4.22. The number of hydrogen-bond acceptors (Lipinski definition) is 6. The maximum Gasteiger partial charge on any atom is 0.246 e. The highest BCUT2D eigenvalue weighted by Gasteiger charge is 2.34. The van der Waals surface area contributed by atoms with E-state index in [0.717, 1.165) is 0 Å². The molecule has 0 aliphatic carbocycles. The topological polar surface area (TPSA) is 90.2 Å². The van der Waals surface area contributed by atoms with E-state index in [1.165, 1.54) is 10.5 Å². The van der Waals surface area contributed by atoms with Gasteiger partial charge in [-0.3, -0.25) is 14.6 Å². The summed E-state index contributed by atoms with van der Waals surface area (Å²) >= 11 is 0. The predicted octanol–water partition coefficient (Wildman–Crippen LogP) is 0.764. The minimum atomic E-state index is -3.60. The lowest BCUT2D eigenvalue weighted by Crippen LogP contribution is -2.42. The van der Waals surface area contributed by atoms with Crippen molar-refractivity contribution in [2.24, 2.45) is 0 Å². The normalized spacial score (nSPS) is 19.8. The van der Waals surface area contributed by atoms with E-state index in [0.29, 0.717) is 31.1 Å². The van der Waals surface area contributed by atoms with Crippen molar-refractivity contribution in [1.82, 2.24) is 24.1 Å². The molecule has 0 aromatic carbocycles. The summed E-state index contributed by atoms with van der Waals surface area (Å²) in [7, 11) is -3.60. The number of aromatic nitrogens is 4. The van der Waals surface area contributed by atoms with E-state index in [9.17, 15) is 8.42 Å². The lowest BCUT2D eigenvalue weighted by molar-refractivity contribution is -0.00515. The van der Waals surface area contributed by atoms with Gasteiger partial charge in [-0.1, -0.05) is 0 Å². The van der Waals surface area contributed by atoms with Crippen molar-refractivity contribution in [3.05, 3.63) is 36.2 Å². The molecule has 0 amide bonds. The Bertz CT molecular complexity index is 775. The van der Waals surface area contributed by atoms with Crippen molar-refractivity contribution >= 4 is 10.0 Å². The first kappa shape index (κ1) is 16.0. The first-order valence-electron chi connectivity index (χ1n) is 7.44. The van der Waals surface area contributed by atoms with Gasteiger partial charge in [0.25, 0.3) is 0 Å². The van der Waals surface area contributed by atoms with E-state index >= 15 is 0 Å². The van der Waals surface area contributed by atoms with E-state index in [4.69, 9.17) is 4.74 Å². The SMILES string of the molecule is CCn1ncc(S(=O)(=O)N2CCOC(c3cnccn3)C2)c1C. The number of morpholine rings is 1. The van der Waals surface area contributed by atoms with E-state index in [2.05, 4.69) is 15.1 Å². The van der Waals surface area contributed by atoms with Crippen LogP contribution in [0.4, 0.5) is 0 Å². The fraction of sp³-hybridized carbons (Fsp3) is 0.500. The summed E-state index contributed by atoms with van der Waals surface area (Å²) in [5.41, 5.74) is 1.28. The van der Waals surface area contributed by atoms with Crippen LogP contribution in [0.5, 0.6) is 0 Å². The molecule has 2 aromatic heterocycles. The zero-order chi connectivity index (χ0) is 16.4. The minimum absolute atomic E-state index is 0.220. The fourth-order valence-electron chi connectivity index (χ4n) is 2.64. The lowest BCUT2D eigenvalue weighted by Gasteiger charge is -2.31. The molecule has 23 heavy (non-hydrogen) atoms. The zero-order valence-electron chi connectivity index (χ0n) is 13.1. The monoisotopic (exact) mass is 337 g/mol. The molecule has 1 saturated heterocycles. The van der Waals surface area contributed by atoms with Gasteiger partial charge in [-0.05, 0) is 13.8 Å². The molecule has 0 saturated carbocycles. The Morgan fingerprint density at radius 3 is 2.83 bits per heavy atom. The van der Waals surface area contributed by atoms with Crippen molar-refractivity contribution < 1.29 is 13.2 Å². The van der Waals surface area contributed by atoms with Gasteiger partial charge in [0.2, 0.25) is 10.0 Å². The van der Waals surface area contributed by atoms with Crippen molar-refractivity contribution in [2.45, 2.75) is 31.4 Å². The molecule has 8 nitrogen and oxygen atoms in total. The molecule has 1 unspecified atom stereocenters. The smallest absolute Gasteiger partial charge is 0.246 e. The molecule has 3 heterocycles. The molecule has 9 heteroatoms. The van der Waals surface area contributed by atoms with Crippen molar-refractivity contribution in [3.8, 4) is 0 Å². The molecule has 0 N–H and O–H groups in total. The number of ether oxygens (including phenoxy) is 1. The second-order valence-corrected chi connectivity index (χ2v) is 7.17. The summed E-state index contributed by atoms with van der Waals surface area (Å²) in [6.07, 6.45) is 5.75. The van der Waals surface area contributed by atoms with E-state index in [-0.39, 0.29) is 11.4 Å². The van der Waals surface area contributed by atoms with Crippen molar-refractivity contribution in [3.63, 3.8) is 0 Å². The number of nitrogens with zero attached hydrogens (tertiary/aromatic N) is 5. The quantitative estimate of drug-likeness (QED) is 0.818. The van der Waals surface area contributed by atoms with Gasteiger partial charge in [-0.2, -0.15) is 9.40 Å². The van der Waals surface area contributed by atoms with E-state index < -0.39 is 16.1 Å². The third kappa shape index (κ3) is 2.99. The highest BCUT2D eigenvalue weighted by atomic mass is 32.2. The van der Waals surface area contributed by atoms with Gasteiger partial charge < -0.3 is 4.74 Å². The highest BCUT2D eigenvalue weighted by molar-refractivity contribution is 7.89. The number of aryl methyl sites for hydroxylation is 1. The molecule has 124 valence electrons. The Kier molecular flexibility index (Phi) is 4.42. The van der Waals surface area contributed by atoms with Crippen LogP contribution in [0.2, 0.25) is 0 Å². The van der Waals surface area contributed by atoms with E-state index in [1.54, 1.807) is 30.2 Å². The molecule has 1 aliphatic rings. The number of hydrogen-bond donors (Lipinski definition) is 0. The van der Waals surface area contributed by atoms with Crippen LogP contribution in [-0.4, -0.2) is 52.2 Å². The zero-order valence-corrected chi connectivity index (χ0v) is 13.9. The molecular formula is C14H19N5O3S. The van der Waals surface area contributed by atoms with Crippen LogP contribution in [0.1, 0.15) is 24.4 Å². The molecule has 0 spiro atoms. The van der Waals surface area contributed by atoms with Crippen LogP contribution in [0, 0.1) is 6.92 Å². The lowest BCUT2D eigenvalue weighted by atomic mass is 10.2. The van der Waals surface area contributed by atoms with Crippen LogP contribution < -0.4 is 0 Å². The van der Waals surface area contributed by atoms with E-state index in [1.807, 2.05) is 6.92 Å². The first-order chi connectivity index (χ1) is 11.0. The summed E-state index contributed by atoms with van der Waals surface area (Å²) in [5, 5.41) is 4.13. The largest absolute Gasteiger partial charge is 0.369 e. The van der Waals surface area contributed by atoms with Gasteiger partial charge in [0.1, 0.15) is 11.0 Å². The predicted molar refractivity (Wildman–Crippen MR) is 82.1 cm³/mol. The van der Waals surface area contributed by atoms with Gasteiger partial charge in [0.05, 0.1) is 30.4 Å². The molecule has 3 rings (SSSR count). The number of rotatable bonds is 4. The molecule has 2 aromatic rings. The van der Waals surface area contributed by atoms with Gasteiger partial charge in [0, 0.05) is 32.0 Å². The molecule has 1 aliphatic heterocycles. The van der Waals surface area contributed by atoms with Crippen molar-refractivity contribution in [1.29, 1.82) is 0 Å². The summed E-state index contributed by atoms with van der Waals surface area (Å²) in [4.78, 5) is 8.46. The number of sulfonamides is 1. The average molecular weight is 337 g/mol. The van der Waals surface area contributed by atoms with Gasteiger partial charge in [-0.25, -0.2) is 8.42 Å². The second-order valence-electron chi connectivity index (χ2n) is 5.26. The van der Waals surface area contributed by atoms with Gasteiger partial charge in [0.15, 0.2) is 0 Å². The van der Waals surface area contributed by atoms with Crippen molar-refractivity contribution in [2.75, 3.05) is 19.7 Å². The molecule has 1 fully saturated rings. The van der Waals surface area contributed by atoms with Crippen LogP contribution in [0.25, 0.3) is 0 Å². The highest BCUT2D eigenvalue weighted by Crippen LogP contribution is 2.26. The maximum absolute atomic E-state index is 12.9. The molecule has 1 atom stereocenters. The summed E-state index contributed by atoms with van der Waals surface area (Å²) in [6.45, 7) is 5.18. The maximum atomic E-state index is 12.9. The Balaban J connectivity index is 1.86. The minimum Gasteiger partial charge on any atom is -0.369 e. The average Bonchev–Trinajstić information content (AvgIpc) is 2.97. The second kappa shape index (κ2) is 6.34. The van der Waals surface area contributed by atoms with Gasteiger partial charge >= 0.3 is 0 Å². The Morgan fingerprint density at radius 1 is 1.35 bits per heavy atom. The first-order valence-corrected chi connectivity index (χ1v) is 8.88. The summed E-state index contributed by atoms with van der Waals surface area (Å²) < 4.78 is 34.5. The third-order valence-electron chi connectivity index (χ3n) is 3.92. The third-order valence-corrected chi connectivity index (χ3v) is 5.89. The summed E-state index contributed by atoms with van der Waals surface area (Å²) in [6, 6.07) is 0. The molecule has 0 bridgehead atoms. The van der Waals surface area contributed by atoms with Crippen LogP contribution in [0.15, 0.2) is 29.7 Å². The van der Waals surface area contributed by atoms with Gasteiger partial charge in [-0.15, -0.1) is 0 Å².